The predicted octanol–water partition coefficient (Wildman–Crippen LogP) is 2.51. The molecule has 0 unspecified atom stereocenters. The average molecular weight is 404 g/mol. The van der Waals surface area contributed by atoms with E-state index in [4.69, 9.17) is 9.47 Å². The van der Waals surface area contributed by atoms with Gasteiger partial charge in [-0.2, -0.15) is 8.78 Å². The van der Waals surface area contributed by atoms with Gasteiger partial charge in [0.1, 0.15) is 12.4 Å². The molecule has 3 N–H and O–H groups in total. The zero-order valence-electron chi connectivity index (χ0n) is 15.7. The summed E-state index contributed by atoms with van der Waals surface area (Å²) in [5, 5.41) is 2.34. The number of alkyl halides is 2. The fourth-order valence-corrected chi connectivity index (χ4v) is 3.22. The van der Waals surface area contributed by atoms with E-state index < -0.39 is 23.3 Å². The zero-order valence-corrected chi connectivity index (χ0v) is 15.7. The van der Waals surface area contributed by atoms with E-state index in [1.807, 2.05) is 30.3 Å². The van der Waals surface area contributed by atoms with Gasteiger partial charge in [0.25, 0.3) is 5.91 Å². The van der Waals surface area contributed by atoms with E-state index in [-0.39, 0.29) is 26.1 Å². The third-order valence-electron chi connectivity index (χ3n) is 4.95. The van der Waals surface area contributed by atoms with Crippen molar-refractivity contribution in [2.75, 3.05) is 13.2 Å². The van der Waals surface area contributed by atoms with Crippen LogP contribution in [0.5, 0.6) is 5.75 Å². The zero-order chi connectivity index (χ0) is 20.9. The minimum Gasteiger partial charge on any atom is -0.489 e. The number of ether oxygens (including phenoxy) is 2. The summed E-state index contributed by atoms with van der Waals surface area (Å²) in [7, 11) is 0. The lowest BCUT2D eigenvalue weighted by molar-refractivity contribution is -0.159. The number of amides is 2. The molecule has 1 aliphatic heterocycles. The molecular formula is C21H22F2N2O4. The normalized spacial score (nSPS) is 16.1. The lowest BCUT2D eigenvalue weighted by Crippen LogP contribution is -2.57. The molecule has 1 saturated heterocycles. The maximum atomic E-state index is 13.8. The molecule has 2 aromatic carbocycles. The van der Waals surface area contributed by atoms with Gasteiger partial charge < -0.3 is 20.5 Å². The second-order valence-electron chi connectivity index (χ2n) is 6.89. The van der Waals surface area contributed by atoms with Crippen LogP contribution in [0, 0.1) is 0 Å². The predicted molar refractivity (Wildman–Crippen MR) is 101 cm³/mol. The fraction of sp³-hybridized carbons (Fsp3) is 0.333. The molecule has 154 valence electrons. The van der Waals surface area contributed by atoms with Crippen LogP contribution in [0.2, 0.25) is 0 Å². The molecule has 1 fully saturated rings. The van der Waals surface area contributed by atoms with Crippen LogP contribution in [0.15, 0.2) is 54.6 Å². The second-order valence-corrected chi connectivity index (χ2v) is 6.89. The van der Waals surface area contributed by atoms with E-state index in [1.54, 1.807) is 24.3 Å². The van der Waals surface area contributed by atoms with E-state index in [0.29, 0.717) is 17.9 Å². The van der Waals surface area contributed by atoms with Crippen LogP contribution in [0.4, 0.5) is 8.78 Å². The highest BCUT2D eigenvalue weighted by molar-refractivity contribution is 6.06. The van der Waals surface area contributed by atoms with Gasteiger partial charge in [-0.05, 0) is 36.1 Å². The van der Waals surface area contributed by atoms with E-state index >= 15 is 0 Å². The smallest absolute Gasteiger partial charge is 0.400 e. The summed E-state index contributed by atoms with van der Waals surface area (Å²) in [6.07, 6.45) is 0.579. The maximum Gasteiger partial charge on any atom is 0.400 e. The van der Waals surface area contributed by atoms with Crippen molar-refractivity contribution >= 4 is 11.8 Å². The van der Waals surface area contributed by atoms with Crippen LogP contribution in [0.3, 0.4) is 0 Å². The van der Waals surface area contributed by atoms with Crippen molar-refractivity contribution in [3.05, 3.63) is 65.7 Å². The van der Waals surface area contributed by atoms with Gasteiger partial charge in [0.2, 0.25) is 0 Å². The van der Waals surface area contributed by atoms with Gasteiger partial charge in [-0.1, -0.05) is 42.5 Å². The number of benzene rings is 2. The molecule has 1 heterocycles. The first-order valence-electron chi connectivity index (χ1n) is 9.19. The van der Waals surface area contributed by atoms with E-state index in [2.05, 4.69) is 11.1 Å². The Hall–Kier alpha value is -3.00. The molecule has 0 aromatic heterocycles. The SMILES string of the molecule is NC(=O)C(F)(F)C(=O)NC1(c2ccc(OCc3ccccc3)cc2)CCOCC1. The van der Waals surface area contributed by atoms with Crippen LogP contribution in [-0.4, -0.2) is 31.0 Å². The molecular weight excluding hydrogens is 382 g/mol. The number of carbonyl (C=O) groups is 2. The van der Waals surface area contributed by atoms with Crippen LogP contribution < -0.4 is 15.8 Å². The van der Waals surface area contributed by atoms with Gasteiger partial charge in [0, 0.05) is 13.2 Å². The molecule has 0 atom stereocenters. The number of hydrogen-bond donors (Lipinski definition) is 2. The minimum absolute atomic E-state index is 0.286. The Labute approximate surface area is 167 Å². The molecule has 1 aliphatic rings. The van der Waals surface area contributed by atoms with Crippen molar-refractivity contribution in [2.45, 2.75) is 30.9 Å². The van der Waals surface area contributed by atoms with Gasteiger partial charge in [0.05, 0.1) is 5.54 Å². The Kier molecular flexibility index (Phi) is 6.12. The molecule has 8 heteroatoms. The molecule has 0 bridgehead atoms. The highest BCUT2D eigenvalue weighted by Crippen LogP contribution is 2.34. The van der Waals surface area contributed by atoms with Crippen molar-refractivity contribution < 1.29 is 27.8 Å². The standard InChI is InChI=1S/C21H22F2N2O4/c22-21(23,18(24)26)19(27)25-20(10-12-28-13-11-20)16-6-8-17(9-7-16)29-14-15-4-2-1-3-5-15/h1-9H,10-14H2,(H2,24,26)(H,25,27). The summed E-state index contributed by atoms with van der Waals surface area (Å²) in [4.78, 5) is 23.0. The number of primary amides is 1. The number of hydrogen-bond acceptors (Lipinski definition) is 4. The summed E-state index contributed by atoms with van der Waals surface area (Å²) in [6, 6.07) is 16.5. The molecule has 0 spiro atoms. The summed E-state index contributed by atoms with van der Waals surface area (Å²) < 4.78 is 38.6. The Morgan fingerprint density at radius 3 is 2.28 bits per heavy atom. The van der Waals surface area contributed by atoms with Gasteiger partial charge in [0.15, 0.2) is 0 Å². The Morgan fingerprint density at radius 1 is 1.07 bits per heavy atom. The van der Waals surface area contributed by atoms with Crippen molar-refractivity contribution in [1.82, 2.24) is 5.32 Å². The third-order valence-corrected chi connectivity index (χ3v) is 4.95. The second kappa shape index (κ2) is 8.57. The largest absolute Gasteiger partial charge is 0.489 e. The van der Waals surface area contributed by atoms with Crippen molar-refractivity contribution in [3.8, 4) is 5.75 Å². The van der Waals surface area contributed by atoms with Crippen LogP contribution in [0.1, 0.15) is 24.0 Å². The highest BCUT2D eigenvalue weighted by Gasteiger charge is 2.49. The molecule has 2 aromatic rings. The third kappa shape index (κ3) is 4.71. The molecule has 29 heavy (non-hydrogen) atoms. The molecule has 0 saturated carbocycles. The van der Waals surface area contributed by atoms with Crippen LogP contribution in [0.25, 0.3) is 0 Å². The first kappa shape index (κ1) is 20.7. The monoisotopic (exact) mass is 404 g/mol. The topological polar surface area (TPSA) is 90.7 Å². The number of rotatable bonds is 7. The van der Waals surface area contributed by atoms with Crippen LogP contribution in [-0.2, 0) is 26.5 Å². The molecule has 0 aliphatic carbocycles. The lowest BCUT2D eigenvalue weighted by Gasteiger charge is -2.39. The highest BCUT2D eigenvalue weighted by atomic mass is 19.3. The van der Waals surface area contributed by atoms with Crippen molar-refractivity contribution in [1.29, 1.82) is 0 Å². The van der Waals surface area contributed by atoms with E-state index in [1.165, 1.54) is 0 Å². The molecule has 2 amide bonds. The lowest BCUT2D eigenvalue weighted by atomic mass is 9.82. The summed E-state index contributed by atoms with van der Waals surface area (Å²) in [5.41, 5.74) is 5.23. The molecule has 0 radical (unpaired) electrons. The quantitative estimate of drug-likeness (QED) is 0.694. The Morgan fingerprint density at radius 2 is 1.69 bits per heavy atom. The summed E-state index contributed by atoms with van der Waals surface area (Å²) >= 11 is 0. The first-order chi connectivity index (χ1) is 13.8. The van der Waals surface area contributed by atoms with Crippen LogP contribution >= 0.6 is 0 Å². The Bertz CT molecular complexity index is 851. The number of nitrogens with two attached hydrogens (primary N) is 1. The number of halogens is 2. The van der Waals surface area contributed by atoms with Gasteiger partial charge in [-0.15, -0.1) is 0 Å². The minimum atomic E-state index is -4.29. The van der Waals surface area contributed by atoms with E-state index in [9.17, 15) is 18.4 Å². The van der Waals surface area contributed by atoms with Crippen molar-refractivity contribution in [2.24, 2.45) is 5.73 Å². The average Bonchev–Trinajstić information content (AvgIpc) is 2.74. The maximum absolute atomic E-state index is 13.8. The van der Waals surface area contributed by atoms with Gasteiger partial charge >= 0.3 is 11.8 Å². The first-order valence-corrected chi connectivity index (χ1v) is 9.19. The molecule has 6 nitrogen and oxygen atoms in total. The molecule has 3 rings (SSSR count). The van der Waals surface area contributed by atoms with Gasteiger partial charge in [-0.25, -0.2) is 0 Å². The van der Waals surface area contributed by atoms with Crippen molar-refractivity contribution in [3.63, 3.8) is 0 Å². The summed E-state index contributed by atoms with van der Waals surface area (Å²) in [6.45, 7) is 0.962. The number of carbonyl (C=O) groups excluding carboxylic acids is 2. The van der Waals surface area contributed by atoms with E-state index in [0.717, 1.165) is 5.56 Å². The van der Waals surface area contributed by atoms with Gasteiger partial charge in [-0.3, -0.25) is 9.59 Å². The summed E-state index contributed by atoms with van der Waals surface area (Å²) in [5.74, 6) is -7.38. The number of nitrogens with one attached hydrogen (secondary N) is 1. The Balaban J connectivity index is 1.76. The fourth-order valence-electron chi connectivity index (χ4n) is 3.22.